The first kappa shape index (κ1) is 10.6. The summed E-state index contributed by atoms with van der Waals surface area (Å²) >= 11 is 1.84. The van der Waals surface area contributed by atoms with Gasteiger partial charge < -0.3 is 5.32 Å². The maximum atomic E-state index is 4.42. The minimum atomic E-state index is 0.363. The Bertz CT molecular complexity index is 586. The minimum Gasteiger partial charge on any atom is -0.307 e. The summed E-state index contributed by atoms with van der Waals surface area (Å²) in [6.07, 6.45) is 2.39. The van der Waals surface area contributed by atoms with Crippen LogP contribution in [0.3, 0.4) is 0 Å². The van der Waals surface area contributed by atoms with E-state index in [-0.39, 0.29) is 0 Å². The van der Waals surface area contributed by atoms with Crippen molar-refractivity contribution in [2.75, 3.05) is 6.54 Å². The predicted molar refractivity (Wildman–Crippen MR) is 70.9 cm³/mol. The van der Waals surface area contributed by atoms with E-state index in [1.54, 1.807) is 0 Å². The molecule has 4 nitrogen and oxygen atoms in total. The summed E-state index contributed by atoms with van der Waals surface area (Å²) in [5.74, 6) is 3.06. The van der Waals surface area contributed by atoms with Crippen molar-refractivity contribution < 1.29 is 0 Å². The molecule has 0 saturated carbocycles. The Hall–Kier alpha value is -1.33. The number of hydrogen-bond acceptors (Lipinski definition) is 4. The molecule has 1 atom stereocenters. The summed E-state index contributed by atoms with van der Waals surface area (Å²) < 4.78 is 2.24. The lowest BCUT2D eigenvalue weighted by atomic mass is 10.2. The number of thioether (sulfide) groups is 1. The molecule has 0 unspecified atom stereocenters. The highest BCUT2D eigenvalue weighted by atomic mass is 32.2. The average molecular weight is 258 g/mol. The van der Waals surface area contributed by atoms with Gasteiger partial charge in [-0.3, -0.25) is 4.57 Å². The van der Waals surface area contributed by atoms with E-state index >= 15 is 0 Å². The second kappa shape index (κ2) is 4.10. The van der Waals surface area contributed by atoms with Gasteiger partial charge >= 0.3 is 0 Å². The quantitative estimate of drug-likeness (QED) is 0.852. The molecule has 18 heavy (non-hydrogen) atoms. The molecular weight excluding hydrogens is 244 g/mol. The molecule has 1 fully saturated rings. The first-order valence-corrected chi connectivity index (χ1v) is 7.32. The third-order valence-corrected chi connectivity index (χ3v) is 4.65. The lowest BCUT2D eigenvalue weighted by Crippen LogP contribution is -2.19. The zero-order valence-corrected chi connectivity index (χ0v) is 10.8. The highest BCUT2D eigenvalue weighted by molar-refractivity contribution is 7.98. The maximum Gasteiger partial charge on any atom is 0.154 e. The van der Waals surface area contributed by atoms with Crippen molar-refractivity contribution in [2.45, 2.75) is 29.5 Å². The van der Waals surface area contributed by atoms with E-state index in [0.717, 1.165) is 30.4 Å². The van der Waals surface area contributed by atoms with Gasteiger partial charge in [0.05, 0.1) is 17.5 Å². The summed E-state index contributed by atoms with van der Waals surface area (Å²) in [6, 6.07) is 8.87. The van der Waals surface area contributed by atoms with Crippen LogP contribution in [-0.4, -0.2) is 21.3 Å². The lowest BCUT2D eigenvalue weighted by Gasteiger charge is -2.20. The first-order chi connectivity index (χ1) is 8.93. The number of hydrogen-bond donors (Lipinski definition) is 1. The molecule has 5 heteroatoms. The molecule has 0 radical (unpaired) electrons. The molecule has 0 aliphatic carbocycles. The zero-order chi connectivity index (χ0) is 11.9. The molecule has 2 aliphatic rings. The molecule has 4 rings (SSSR count). The fourth-order valence-electron chi connectivity index (χ4n) is 2.72. The van der Waals surface area contributed by atoms with Gasteiger partial charge in [0, 0.05) is 4.90 Å². The van der Waals surface area contributed by atoms with E-state index in [4.69, 9.17) is 0 Å². The Balaban J connectivity index is 1.88. The van der Waals surface area contributed by atoms with Crippen molar-refractivity contribution in [3.8, 4) is 5.69 Å². The number of aromatic nitrogens is 3. The number of benzene rings is 1. The molecule has 1 aromatic heterocycles. The highest BCUT2D eigenvalue weighted by Crippen LogP contribution is 2.36. The maximum absolute atomic E-state index is 4.42. The van der Waals surface area contributed by atoms with Crippen LogP contribution in [0.25, 0.3) is 5.69 Å². The van der Waals surface area contributed by atoms with Crippen LogP contribution in [0.2, 0.25) is 0 Å². The van der Waals surface area contributed by atoms with Crippen LogP contribution in [0, 0.1) is 0 Å². The summed E-state index contributed by atoms with van der Waals surface area (Å²) in [7, 11) is 0. The van der Waals surface area contributed by atoms with E-state index in [0.29, 0.717) is 6.04 Å². The largest absolute Gasteiger partial charge is 0.307 e. The van der Waals surface area contributed by atoms with Crippen LogP contribution in [0.4, 0.5) is 0 Å². The molecule has 1 N–H and O–H groups in total. The summed E-state index contributed by atoms with van der Waals surface area (Å²) in [5, 5.41) is 12.3. The molecule has 2 aliphatic heterocycles. The lowest BCUT2D eigenvalue weighted by molar-refractivity contribution is 0.589. The average Bonchev–Trinajstić information content (AvgIpc) is 3.07. The van der Waals surface area contributed by atoms with Crippen LogP contribution in [0.15, 0.2) is 29.2 Å². The van der Waals surface area contributed by atoms with Crippen LogP contribution in [0.5, 0.6) is 0 Å². The Morgan fingerprint density at radius 3 is 3.11 bits per heavy atom. The Morgan fingerprint density at radius 2 is 2.22 bits per heavy atom. The number of nitrogens with one attached hydrogen (secondary N) is 1. The van der Waals surface area contributed by atoms with Crippen LogP contribution >= 0.6 is 11.8 Å². The fraction of sp³-hybridized carbons (Fsp3) is 0.385. The second-order valence-electron chi connectivity index (χ2n) is 4.72. The van der Waals surface area contributed by atoms with Crippen molar-refractivity contribution >= 4 is 11.8 Å². The molecule has 1 saturated heterocycles. The minimum absolute atomic E-state index is 0.363. The Kier molecular flexibility index (Phi) is 2.41. The molecule has 0 spiro atoms. The molecule has 1 aromatic carbocycles. The van der Waals surface area contributed by atoms with Gasteiger partial charge in [-0.1, -0.05) is 12.1 Å². The van der Waals surface area contributed by atoms with Crippen molar-refractivity contribution in [3.05, 3.63) is 35.9 Å². The van der Waals surface area contributed by atoms with E-state index in [1.165, 1.54) is 17.0 Å². The summed E-state index contributed by atoms with van der Waals surface area (Å²) in [5.41, 5.74) is 1.23. The van der Waals surface area contributed by atoms with Crippen LogP contribution in [-0.2, 0) is 5.75 Å². The Labute approximate surface area is 110 Å². The number of nitrogens with zero attached hydrogens (tertiary/aromatic N) is 3. The van der Waals surface area contributed by atoms with Crippen molar-refractivity contribution in [1.82, 2.24) is 20.1 Å². The van der Waals surface area contributed by atoms with Gasteiger partial charge in [-0.15, -0.1) is 22.0 Å². The van der Waals surface area contributed by atoms with E-state index in [2.05, 4.69) is 44.3 Å². The second-order valence-corrected chi connectivity index (χ2v) is 5.73. The predicted octanol–water partition coefficient (Wildman–Crippen LogP) is 2.30. The molecule has 92 valence electrons. The molecule has 2 aromatic rings. The van der Waals surface area contributed by atoms with Crippen LogP contribution < -0.4 is 5.32 Å². The first-order valence-electron chi connectivity index (χ1n) is 6.33. The normalized spacial score (nSPS) is 21.7. The van der Waals surface area contributed by atoms with Crippen molar-refractivity contribution in [3.63, 3.8) is 0 Å². The fourth-order valence-corrected chi connectivity index (χ4v) is 3.68. The summed E-state index contributed by atoms with van der Waals surface area (Å²) in [6.45, 7) is 1.09. The molecule has 3 heterocycles. The third-order valence-electron chi connectivity index (χ3n) is 3.59. The van der Waals surface area contributed by atoms with Crippen LogP contribution in [0.1, 0.15) is 30.5 Å². The smallest absolute Gasteiger partial charge is 0.154 e. The van der Waals surface area contributed by atoms with E-state index in [1.807, 2.05) is 11.8 Å². The SMILES string of the molecule is c1ccc2c(c1)SCc1nnc([C@@H]3CCCN3)n1-2. The number of rotatable bonds is 1. The molecule has 0 amide bonds. The van der Waals surface area contributed by atoms with E-state index in [9.17, 15) is 0 Å². The van der Waals surface area contributed by atoms with Gasteiger partial charge in [0.25, 0.3) is 0 Å². The zero-order valence-electron chi connectivity index (χ0n) is 9.97. The van der Waals surface area contributed by atoms with E-state index < -0.39 is 0 Å². The third kappa shape index (κ3) is 1.51. The number of fused-ring (bicyclic) bond motifs is 3. The topological polar surface area (TPSA) is 42.7 Å². The van der Waals surface area contributed by atoms with Crippen molar-refractivity contribution in [2.24, 2.45) is 0 Å². The summed E-state index contributed by atoms with van der Waals surface area (Å²) in [4.78, 5) is 1.32. The van der Waals surface area contributed by atoms with Gasteiger partial charge in [0.15, 0.2) is 5.82 Å². The van der Waals surface area contributed by atoms with Gasteiger partial charge in [-0.05, 0) is 31.5 Å². The van der Waals surface area contributed by atoms with Gasteiger partial charge in [-0.2, -0.15) is 0 Å². The highest BCUT2D eigenvalue weighted by Gasteiger charge is 2.27. The van der Waals surface area contributed by atoms with Gasteiger partial charge in [0.1, 0.15) is 5.82 Å². The molecular formula is C13H14N4S. The van der Waals surface area contributed by atoms with Crippen molar-refractivity contribution in [1.29, 1.82) is 0 Å². The Morgan fingerprint density at radius 1 is 1.28 bits per heavy atom. The monoisotopic (exact) mass is 258 g/mol. The molecule has 0 bridgehead atoms. The van der Waals surface area contributed by atoms with Gasteiger partial charge in [-0.25, -0.2) is 0 Å². The standard InChI is InChI=1S/C13H14N4S/c1-2-6-11-10(5-1)17-12(8-18-11)15-16-13(17)9-4-3-7-14-9/h1-2,5-6,9,14H,3-4,7-8H2/t9-/m0/s1. The van der Waals surface area contributed by atoms with Gasteiger partial charge in [0.2, 0.25) is 0 Å². The number of para-hydroxylation sites is 1.